The van der Waals surface area contributed by atoms with E-state index in [1.54, 1.807) is 61.3 Å². The monoisotopic (exact) mass is 787 g/mol. The zero-order valence-corrected chi connectivity index (χ0v) is 31.9. The molecule has 0 aliphatic carbocycles. The van der Waals surface area contributed by atoms with Crippen LogP contribution < -0.4 is 20.3 Å². The van der Waals surface area contributed by atoms with Crippen LogP contribution in [0.15, 0.2) is 94.6 Å². The number of methoxy groups -OCH3 is 1. The molecule has 0 radical (unpaired) electrons. The number of hydrogen-bond donors (Lipinski definition) is 3. The van der Waals surface area contributed by atoms with Crippen LogP contribution in [-0.4, -0.2) is 102 Å². The van der Waals surface area contributed by atoms with Gasteiger partial charge in [-0.1, -0.05) is 17.7 Å². The number of piperazine rings is 1. The third-order valence-electron chi connectivity index (χ3n) is 9.59. The largest absolute Gasteiger partial charge is 0.466 e. The minimum atomic E-state index is -0.872. The van der Waals surface area contributed by atoms with Crippen molar-refractivity contribution >= 4 is 52.4 Å². The summed E-state index contributed by atoms with van der Waals surface area (Å²) in [6.07, 6.45) is 1.66. The number of nitrogens with zero attached hydrogens (tertiary/aromatic N) is 5. The van der Waals surface area contributed by atoms with Gasteiger partial charge in [0.05, 0.1) is 30.9 Å². The Morgan fingerprint density at radius 3 is 2.45 bits per heavy atom. The van der Waals surface area contributed by atoms with E-state index < -0.39 is 23.4 Å². The van der Waals surface area contributed by atoms with Crippen LogP contribution in [0.4, 0.5) is 14.9 Å². The van der Waals surface area contributed by atoms with Crippen LogP contribution in [-0.2, 0) is 9.53 Å². The van der Waals surface area contributed by atoms with Gasteiger partial charge in [0.2, 0.25) is 0 Å². The predicted octanol–water partition coefficient (Wildman–Crippen LogP) is 5.37. The van der Waals surface area contributed by atoms with Crippen molar-refractivity contribution in [1.29, 1.82) is 0 Å². The number of ether oxygens (including phenoxy) is 2. The first-order valence-electron chi connectivity index (χ1n) is 17.6. The highest BCUT2D eigenvalue weighted by atomic mass is 35.5. The number of amidine groups is 1. The molecule has 3 aliphatic heterocycles. The number of rotatable bonds is 11. The summed E-state index contributed by atoms with van der Waals surface area (Å²) >= 11 is 7.90. The standard InChI is InChI=1S/C39H39ClFN7O6S/c1-39(2,22-49)45-35(50)23-4-9-27(10-5-23)54-28-11-7-25(8-12-28)48-20-26-19-46(15-16-47(26)38(48)52)21-31-32(37(51)53-3)33(29-13-6-24(41)18-30(29)40)44-34(43-31)36-42-14-17-55-36/h4-14,17-18,26,33,49H,15-16,19-22H2,1-3H3,(H,43,44)(H,45,50)/t26-,33-/m0/s1. The zero-order chi connectivity index (χ0) is 38.9. The van der Waals surface area contributed by atoms with E-state index >= 15 is 0 Å². The second-order valence-electron chi connectivity index (χ2n) is 14.0. The topological polar surface area (TPSA) is 149 Å². The smallest absolute Gasteiger partial charge is 0.338 e. The highest BCUT2D eigenvalue weighted by Gasteiger charge is 2.42. The van der Waals surface area contributed by atoms with Crippen molar-refractivity contribution in [1.82, 2.24) is 25.4 Å². The van der Waals surface area contributed by atoms with Gasteiger partial charge in [0.15, 0.2) is 10.8 Å². The summed E-state index contributed by atoms with van der Waals surface area (Å²) in [7, 11) is 1.30. The number of amides is 3. The summed E-state index contributed by atoms with van der Waals surface area (Å²) in [6, 6.07) is 16.9. The molecule has 286 valence electrons. The molecule has 3 N–H and O–H groups in total. The molecular weight excluding hydrogens is 749 g/mol. The predicted molar refractivity (Wildman–Crippen MR) is 206 cm³/mol. The van der Waals surface area contributed by atoms with Crippen molar-refractivity contribution in [3.63, 3.8) is 0 Å². The molecule has 0 unspecified atom stereocenters. The average molecular weight is 788 g/mol. The molecule has 55 heavy (non-hydrogen) atoms. The number of aliphatic imine (C=N–C) groups is 1. The second-order valence-corrected chi connectivity index (χ2v) is 15.3. The van der Waals surface area contributed by atoms with E-state index in [0.717, 1.165) is 5.69 Å². The Hall–Kier alpha value is -5.35. The number of benzene rings is 3. The Labute approximate surface area is 326 Å². The van der Waals surface area contributed by atoms with Gasteiger partial charge in [-0.05, 0) is 74.5 Å². The minimum Gasteiger partial charge on any atom is -0.466 e. The second kappa shape index (κ2) is 15.8. The summed E-state index contributed by atoms with van der Waals surface area (Å²) in [5.41, 5.74) is 1.70. The zero-order valence-electron chi connectivity index (χ0n) is 30.3. The fourth-order valence-corrected chi connectivity index (χ4v) is 7.60. The van der Waals surface area contributed by atoms with Crippen molar-refractivity contribution in [2.24, 2.45) is 4.99 Å². The Morgan fingerprint density at radius 2 is 1.80 bits per heavy atom. The average Bonchev–Trinajstić information content (AvgIpc) is 3.83. The van der Waals surface area contributed by atoms with Gasteiger partial charge >= 0.3 is 12.0 Å². The molecular formula is C39H39ClFN7O6S. The Bertz CT molecular complexity index is 2150. The Balaban J connectivity index is 1.04. The van der Waals surface area contributed by atoms with E-state index in [9.17, 15) is 23.9 Å². The Kier molecular flexibility index (Phi) is 10.9. The van der Waals surface area contributed by atoms with Crippen LogP contribution in [0.1, 0.15) is 40.8 Å². The summed E-state index contributed by atoms with van der Waals surface area (Å²) in [6.45, 7) is 5.64. The first kappa shape index (κ1) is 37.9. The van der Waals surface area contributed by atoms with Gasteiger partial charge in [0.1, 0.15) is 23.4 Å². The van der Waals surface area contributed by atoms with E-state index in [2.05, 4.69) is 20.5 Å². The maximum absolute atomic E-state index is 14.1. The highest BCUT2D eigenvalue weighted by molar-refractivity contribution is 7.11. The van der Waals surface area contributed by atoms with Crippen molar-refractivity contribution in [2.75, 3.05) is 51.3 Å². The van der Waals surface area contributed by atoms with E-state index in [4.69, 9.17) is 26.1 Å². The first-order valence-corrected chi connectivity index (χ1v) is 18.8. The number of esters is 1. The summed E-state index contributed by atoms with van der Waals surface area (Å²) in [5.74, 6) is 0.163. The fourth-order valence-electron chi connectivity index (χ4n) is 6.75. The molecule has 2 saturated heterocycles. The molecule has 3 aliphatic rings. The molecule has 3 aromatic carbocycles. The normalized spacial score (nSPS) is 18.8. The molecule has 7 rings (SSSR count). The molecule has 16 heteroatoms. The lowest BCUT2D eigenvalue weighted by molar-refractivity contribution is -0.136. The maximum Gasteiger partial charge on any atom is 0.338 e. The highest BCUT2D eigenvalue weighted by Crippen LogP contribution is 2.37. The van der Waals surface area contributed by atoms with Gasteiger partial charge in [-0.2, -0.15) is 0 Å². The van der Waals surface area contributed by atoms with Crippen molar-refractivity contribution in [2.45, 2.75) is 31.5 Å². The third kappa shape index (κ3) is 8.20. The molecule has 4 heterocycles. The molecule has 2 fully saturated rings. The van der Waals surface area contributed by atoms with Crippen LogP contribution in [0.2, 0.25) is 5.02 Å². The number of carbonyl (C=O) groups is 3. The van der Waals surface area contributed by atoms with Crippen LogP contribution in [0.5, 0.6) is 11.5 Å². The number of fused-ring (bicyclic) bond motifs is 1. The van der Waals surface area contributed by atoms with Gasteiger partial charge < -0.3 is 30.1 Å². The van der Waals surface area contributed by atoms with Crippen LogP contribution in [0, 0.1) is 5.82 Å². The SMILES string of the molecule is COC(=O)C1=C(CN2CCN3C(=O)N(c4ccc(Oc5ccc(C(=O)NC(C)(C)CO)cc5)cc4)C[C@@H]3C2)NC(c2nccs2)=N[C@H]1c1ccc(F)cc1Cl. The number of carbonyl (C=O) groups excluding carboxylic acids is 3. The number of aliphatic hydroxyl groups is 1. The molecule has 3 amide bonds. The lowest BCUT2D eigenvalue weighted by atomic mass is 9.95. The van der Waals surface area contributed by atoms with Crippen molar-refractivity contribution in [3.8, 4) is 11.5 Å². The van der Waals surface area contributed by atoms with E-state index in [0.29, 0.717) is 71.9 Å². The summed E-state index contributed by atoms with van der Waals surface area (Å²) < 4.78 is 25.3. The quantitative estimate of drug-likeness (QED) is 0.171. The number of aromatic nitrogens is 1. The van der Waals surface area contributed by atoms with Gasteiger partial charge in [-0.25, -0.2) is 19.0 Å². The molecule has 4 aromatic rings. The van der Waals surface area contributed by atoms with Crippen LogP contribution >= 0.6 is 22.9 Å². The number of urea groups is 1. The number of hydrogen-bond acceptors (Lipinski definition) is 11. The molecule has 0 saturated carbocycles. The van der Waals surface area contributed by atoms with Crippen LogP contribution in [0.25, 0.3) is 0 Å². The lowest BCUT2D eigenvalue weighted by Gasteiger charge is -2.38. The van der Waals surface area contributed by atoms with Gasteiger partial charge in [0.25, 0.3) is 5.91 Å². The molecule has 0 spiro atoms. The van der Waals surface area contributed by atoms with Crippen molar-refractivity contribution < 1.29 is 33.4 Å². The first-order chi connectivity index (χ1) is 26.4. The lowest BCUT2D eigenvalue weighted by Crippen LogP contribution is -2.53. The minimum absolute atomic E-state index is 0.0916. The van der Waals surface area contributed by atoms with Crippen LogP contribution in [0.3, 0.4) is 0 Å². The van der Waals surface area contributed by atoms with E-state index in [-0.39, 0.29) is 35.2 Å². The number of thiazole rings is 1. The molecule has 0 bridgehead atoms. The van der Waals surface area contributed by atoms with Gasteiger partial charge in [-0.3, -0.25) is 19.6 Å². The Morgan fingerprint density at radius 1 is 1.07 bits per heavy atom. The van der Waals surface area contributed by atoms with E-state index in [1.165, 1.54) is 36.6 Å². The van der Waals surface area contributed by atoms with Crippen molar-refractivity contribution in [3.05, 3.63) is 117 Å². The third-order valence-corrected chi connectivity index (χ3v) is 10.7. The summed E-state index contributed by atoms with van der Waals surface area (Å²) in [4.78, 5) is 54.6. The summed E-state index contributed by atoms with van der Waals surface area (Å²) in [5, 5.41) is 18.1. The number of halogens is 2. The number of nitrogens with one attached hydrogen (secondary N) is 2. The molecule has 2 atom stereocenters. The fraction of sp³-hybridized carbons (Fsp3) is 0.308. The van der Waals surface area contributed by atoms with E-state index in [1.807, 2.05) is 22.4 Å². The maximum atomic E-state index is 14.1. The number of aliphatic hydroxyl groups excluding tert-OH is 1. The van der Waals surface area contributed by atoms with Gasteiger partial charge in [0, 0.05) is 71.8 Å². The molecule has 13 nitrogen and oxygen atoms in total. The van der Waals surface area contributed by atoms with Gasteiger partial charge in [-0.15, -0.1) is 11.3 Å². The molecule has 1 aromatic heterocycles. The number of anilines is 1.